The summed E-state index contributed by atoms with van der Waals surface area (Å²) in [5.74, 6) is -0.750. The maximum Gasteiger partial charge on any atom is 0.308 e. The third-order valence-corrected chi connectivity index (χ3v) is 3.17. The van der Waals surface area contributed by atoms with Gasteiger partial charge < -0.3 is 10.0 Å². The highest BCUT2D eigenvalue weighted by atomic mass is 16.4. The molecule has 2 atom stereocenters. The van der Waals surface area contributed by atoms with Gasteiger partial charge in [0.25, 0.3) is 0 Å². The number of nitrogens with zero attached hydrogens (tertiary/aromatic N) is 2. The number of aromatic nitrogens is 1. The minimum atomic E-state index is -0.694. The third-order valence-electron chi connectivity index (χ3n) is 3.17. The molecule has 2 unspecified atom stereocenters. The van der Waals surface area contributed by atoms with E-state index >= 15 is 0 Å². The average molecular weight is 220 g/mol. The van der Waals surface area contributed by atoms with Crippen LogP contribution >= 0.6 is 0 Å². The van der Waals surface area contributed by atoms with E-state index in [1.807, 2.05) is 26.0 Å². The van der Waals surface area contributed by atoms with Gasteiger partial charge in [-0.15, -0.1) is 0 Å². The topological polar surface area (TPSA) is 53.4 Å². The van der Waals surface area contributed by atoms with E-state index in [1.54, 1.807) is 6.20 Å². The summed E-state index contributed by atoms with van der Waals surface area (Å²) in [4.78, 5) is 17.3. The highest BCUT2D eigenvalue weighted by molar-refractivity contribution is 5.72. The fourth-order valence-electron chi connectivity index (χ4n) is 2.23. The molecule has 1 aliphatic rings. The largest absolute Gasteiger partial charge is 0.481 e. The van der Waals surface area contributed by atoms with E-state index in [0.29, 0.717) is 6.54 Å². The third kappa shape index (κ3) is 2.01. The Bertz CT molecular complexity index is 406. The van der Waals surface area contributed by atoms with Gasteiger partial charge in [-0.25, -0.2) is 0 Å². The van der Waals surface area contributed by atoms with Crippen molar-refractivity contribution in [3.8, 4) is 0 Å². The van der Waals surface area contributed by atoms with Gasteiger partial charge >= 0.3 is 5.97 Å². The number of aliphatic carboxylic acids is 1. The van der Waals surface area contributed by atoms with Crippen molar-refractivity contribution in [3.05, 3.63) is 24.0 Å². The van der Waals surface area contributed by atoms with Gasteiger partial charge in [-0.1, -0.05) is 6.92 Å². The SMILES string of the molecule is Cc1cc(N2CC(C)C(C(=O)O)C2)ccn1. The van der Waals surface area contributed by atoms with Crippen LogP contribution in [0.15, 0.2) is 18.3 Å². The maximum atomic E-state index is 11.0. The van der Waals surface area contributed by atoms with E-state index < -0.39 is 5.97 Å². The smallest absolute Gasteiger partial charge is 0.308 e. The first-order valence-electron chi connectivity index (χ1n) is 5.48. The Labute approximate surface area is 94.9 Å². The molecule has 2 heterocycles. The molecule has 1 N–H and O–H groups in total. The zero-order chi connectivity index (χ0) is 11.7. The molecule has 1 saturated heterocycles. The van der Waals surface area contributed by atoms with Crippen LogP contribution in [0.4, 0.5) is 5.69 Å². The lowest BCUT2D eigenvalue weighted by Crippen LogP contribution is -2.23. The van der Waals surface area contributed by atoms with Crippen LogP contribution < -0.4 is 4.90 Å². The van der Waals surface area contributed by atoms with Crippen molar-refractivity contribution in [1.82, 2.24) is 4.98 Å². The van der Waals surface area contributed by atoms with Crippen molar-refractivity contribution >= 4 is 11.7 Å². The van der Waals surface area contributed by atoms with Crippen LogP contribution in [0.25, 0.3) is 0 Å². The first-order valence-corrected chi connectivity index (χ1v) is 5.48. The minimum Gasteiger partial charge on any atom is -0.481 e. The van der Waals surface area contributed by atoms with Crippen LogP contribution in [0.2, 0.25) is 0 Å². The minimum absolute atomic E-state index is 0.200. The van der Waals surface area contributed by atoms with E-state index in [0.717, 1.165) is 17.9 Å². The average Bonchev–Trinajstić information content (AvgIpc) is 2.60. The zero-order valence-corrected chi connectivity index (χ0v) is 9.55. The predicted molar refractivity (Wildman–Crippen MR) is 61.5 cm³/mol. The summed E-state index contributed by atoms with van der Waals surface area (Å²) in [5, 5.41) is 9.06. The summed E-state index contributed by atoms with van der Waals surface area (Å²) in [6.07, 6.45) is 1.77. The Balaban J connectivity index is 2.16. The van der Waals surface area contributed by atoms with Crippen molar-refractivity contribution in [3.63, 3.8) is 0 Å². The summed E-state index contributed by atoms with van der Waals surface area (Å²) in [7, 11) is 0. The molecule has 1 aromatic heterocycles. The summed E-state index contributed by atoms with van der Waals surface area (Å²) in [6, 6.07) is 3.93. The molecule has 0 aromatic carbocycles. The highest BCUT2D eigenvalue weighted by Crippen LogP contribution is 2.28. The number of hydrogen-bond acceptors (Lipinski definition) is 3. The lowest BCUT2D eigenvalue weighted by molar-refractivity contribution is -0.142. The van der Waals surface area contributed by atoms with E-state index in [-0.39, 0.29) is 11.8 Å². The lowest BCUT2D eigenvalue weighted by Gasteiger charge is -2.18. The van der Waals surface area contributed by atoms with Crippen LogP contribution in [-0.4, -0.2) is 29.1 Å². The fraction of sp³-hybridized carbons (Fsp3) is 0.500. The quantitative estimate of drug-likeness (QED) is 0.821. The first kappa shape index (κ1) is 10.9. The van der Waals surface area contributed by atoms with Crippen molar-refractivity contribution in [2.45, 2.75) is 13.8 Å². The number of carboxylic acids is 1. The van der Waals surface area contributed by atoms with Crippen molar-refractivity contribution in [1.29, 1.82) is 0 Å². The van der Waals surface area contributed by atoms with Crippen molar-refractivity contribution in [2.75, 3.05) is 18.0 Å². The Hall–Kier alpha value is -1.58. The van der Waals surface area contributed by atoms with Gasteiger partial charge in [0.05, 0.1) is 5.92 Å². The van der Waals surface area contributed by atoms with Gasteiger partial charge in [-0.3, -0.25) is 9.78 Å². The van der Waals surface area contributed by atoms with Crippen molar-refractivity contribution in [2.24, 2.45) is 11.8 Å². The molecule has 0 amide bonds. The summed E-state index contributed by atoms with van der Waals surface area (Å²) < 4.78 is 0. The second-order valence-electron chi connectivity index (χ2n) is 4.48. The monoisotopic (exact) mass is 220 g/mol. The van der Waals surface area contributed by atoms with Crippen LogP contribution in [0.3, 0.4) is 0 Å². The normalized spacial score (nSPS) is 24.8. The molecule has 1 aromatic rings. The fourth-order valence-corrected chi connectivity index (χ4v) is 2.23. The van der Waals surface area contributed by atoms with Gasteiger partial charge in [0.15, 0.2) is 0 Å². The maximum absolute atomic E-state index is 11.0. The molecular formula is C12H16N2O2. The molecule has 0 bridgehead atoms. The molecule has 0 saturated carbocycles. The molecule has 4 heteroatoms. The molecule has 2 rings (SSSR count). The van der Waals surface area contributed by atoms with Gasteiger partial charge in [-0.2, -0.15) is 0 Å². The summed E-state index contributed by atoms with van der Waals surface area (Å²) in [5.41, 5.74) is 2.03. The van der Waals surface area contributed by atoms with E-state index in [2.05, 4.69) is 9.88 Å². The Kier molecular flexibility index (Phi) is 2.81. The number of aryl methyl sites for hydroxylation is 1. The Morgan fingerprint density at radius 2 is 2.31 bits per heavy atom. The van der Waals surface area contributed by atoms with E-state index in [4.69, 9.17) is 5.11 Å². The molecule has 0 spiro atoms. The predicted octanol–water partition coefficient (Wildman–Crippen LogP) is 1.55. The molecule has 4 nitrogen and oxygen atoms in total. The molecule has 16 heavy (non-hydrogen) atoms. The van der Waals surface area contributed by atoms with Gasteiger partial charge in [0.1, 0.15) is 0 Å². The lowest BCUT2D eigenvalue weighted by atomic mass is 9.99. The number of pyridine rings is 1. The van der Waals surface area contributed by atoms with E-state index in [1.165, 1.54) is 0 Å². The first-order chi connectivity index (χ1) is 7.58. The zero-order valence-electron chi connectivity index (χ0n) is 9.55. The molecule has 0 aliphatic carbocycles. The van der Waals surface area contributed by atoms with Crippen LogP contribution in [0, 0.1) is 18.8 Å². The Morgan fingerprint density at radius 1 is 1.56 bits per heavy atom. The summed E-state index contributed by atoms with van der Waals surface area (Å²) >= 11 is 0. The second-order valence-corrected chi connectivity index (χ2v) is 4.48. The molecule has 0 radical (unpaired) electrons. The van der Waals surface area contributed by atoms with Gasteiger partial charge in [0, 0.05) is 30.7 Å². The van der Waals surface area contributed by atoms with Crippen LogP contribution in [-0.2, 0) is 4.79 Å². The molecule has 1 aliphatic heterocycles. The standard InChI is InChI=1S/C12H16N2O2/c1-8-6-14(7-11(8)12(15)16)10-3-4-13-9(2)5-10/h3-5,8,11H,6-7H2,1-2H3,(H,15,16). The summed E-state index contributed by atoms with van der Waals surface area (Å²) in [6.45, 7) is 5.34. The number of hydrogen-bond donors (Lipinski definition) is 1. The second kappa shape index (κ2) is 4.12. The van der Waals surface area contributed by atoms with E-state index in [9.17, 15) is 4.79 Å². The number of carboxylic acid groups (broad SMARTS) is 1. The number of anilines is 1. The van der Waals surface area contributed by atoms with Crippen molar-refractivity contribution < 1.29 is 9.90 Å². The van der Waals surface area contributed by atoms with Gasteiger partial charge in [-0.05, 0) is 25.0 Å². The molecular weight excluding hydrogens is 204 g/mol. The molecule has 1 fully saturated rings. The van der Waals surface area contributed by atoms with Gasteiger partial charge in [0.2, 0.25) is 0 Å². The van der Waals surface area contributed by atoms with Crippen LogP contribution in [0.5, 0.6) is 0 Å². The number of rotatable bonds is 2. The number of carbonyl (C=O) groups is 1. The molecule has 86 valence electrons. The van der Waals surface area contributed by atoms with Crippen LogP contribution in [0.1, 0.15) is 12.6 Å². The highest BCUT2D eigenvalue weighted by Gasteiger charge is 2.34. The Morgan fingerprint density at radius 3 is 2.88 bits per heavy atom.